The molecule has 0 N–H and O–H groups in total. The SMILES string of the molecule is Cc1cc(C)cc(N2CC(C(=O)N3CCC4(CC3)OCCO4)CC2=O)c1. The third-order valence-electron chi connectivity index (χ3n) is 5.64. The number of anilines is 1. The highest BCUT2D eigenvalue weighted by Crippen LogP contribution is 2.33. The fourth-order valence-electron chi connectivity index (χ4n) is 4.34. The largest absolute Gasteiger partial charge is 0.347 e. The van der Waals surface area contributed by atoms with Gasteiger partial charge in [-0.15, -0.1) is 0 Å². The Bertz CT molecular complexity index is 696. The summed E-state index contributed by atoms with van der Waals surface area (Å²) in [6, 6.07) is 6.11. The third kappa shape index (κ3) is 3.23. The first kappa shape index (κ1) is 17.5. The van der Waals surface area contributed by atoms with E-state index < -0.39 is 5.79 Å². The van der Waals surface area contributed by atoms with E-state index in [9.17, 15) is 9.59 Å². The van der Waals surface area contributed by atoms with Crippen LogP contribution in [0.1, 0.15) is 30.4 Å². The molecule has 0 aromatic heterocycles. The first-order valence-electron chi connectivity index (χ1n) is 9.41. The number of nitrogens with zero attached hydrogens (tertiary/aromatic N) is 2. The Morgan fingerprint density at radius 2 is 1.69 bits per heavy atom. The van der Waals surface area contributed by atoms with Gasteiger partial charge in [-0.25, -0.2) is 0 Å². The molecule has 6 nitrogen and oxygen atoms in total. The van der Waals surface area contributed by atoms with Gasteiger partial charge >= 0.3 is 0 Å². The van der Waals surface area contributed by atoms with Gasteiger partial charge in [0, 0.05) is 44.6 Å². The van der Waals surface area contributed by atoms with Gasteiger partial charge in [-0.05, 0) is 37.1 Å². The molecule has 6 heteroatoms. The van der Waals surface area contributed by atoms with E-state index in [0.29, 0.717) is 52.1 Å². The van der Waals surface area contributed by atoms with Gasteiger partial charge in [-0.2, -0.15) is 0 Å². The van der Waals surface area contributed by atoms with Crippen molar-refractivity contribution in [1.29, 1.82) is 0 Å². The zero-order valence-corrected chi connectivity index (χ0v) is 15.5. The van der Waals surface area contributed by atoms with E-state index in [-0.39, 0.29) is 17.7 Å². The predicted octanol–water partition coefficient (Wildman–Crippen LogP) is 2.02. The number of piperidine rings is 1. The number of ether oxygens (including phenoxy) is 2. The minimum absolute atomic E-state index is 0.0317. The van der Waals surface area contributed by atoms with Crippen LogP contribution in [0.4, 0.5) is 5.69 Å². The first-order chi connectivity index (χ1) is 12.5. The van der Waals surface area contributed by atoms with E-state index in [0.717, 1.165) is 16.8 Å². The molecule has 140 valence electrons. The molecule has 0 bridgehead atoms. The third-order valence-corrected chi connectivity index (χ3v) is 5.64. The van der Waals surface area contributed by atoms with Crippen LogP contribution in [0.2, 0.25) is 0 Å². The summed E-state index contributed by atoms with van der Waals surface area (Å²) in [6.07, 6.45) is 1.71. The van der Waals surface area contributed by atoms with E-state index >= 15 is 0 Å². The summed E-state index contributed by atoms with van der Waals surface area (Å²) < 4.78 is 11.5. The minimum Gasteiger partial charge on any atom is -0.347 e. The molecule has 2 amide bonds. The molecule has 0 aliphatic carbocycles. The van der Waals surface area contributed by atoms with Crippen LogP contribution in [0.25, 0.3) is 0 Å². The number of hydrogen-bond donors (Lipinski definition) is 0. The molecule has 3 saturated heterocycles. The normalized spacial score (nSPS) is 25.3. The second-order valence-corrected chi connectivity index (χ2v) is 7.68. The Morgan fingerprint density at radius 3 is 2.31 bits per heavy atom. The minimum atomic E-state index is -0.479. The molecule has 0 radical (unpaired) electrons. The molecule has 3 aliphatic heterocycles. The molecule has 26 heavy (non-hydrogen) atoms. The molecular formula is C20H26N2O4. The zero-order chi connectivity index (χ0) is 18.3. The summed E-state index contributed by atoms with van der Waals surface area (Å²) in [5.74, 6) is -0.627. The zero-order valence-electron chi connectivity index (χ0n) is 15.5. The molecule has 3 fully saturated rings. The summed E-state index contributed by atoms with van der Waals surface area (Å²) in [7, 11) is 0. The fourth-order valence-corrected chi connectivity index (χ4v) is 4.34. The van der Waals surface area contributed by atoms with E-state index in [1.165, 1.54) is 0 Å². The summed E-state index contributed by atoms with van der Waals surface area (Å²) in [5.41, 5.74) is 3.15. The van der Waals surface area contributed by atoms with E-state index in [2.05, 4.69) is 6.07 Å². The average molecular weight is 358 g/mol. The lowest BCUT2D eigenvalue weighted by Gasteiger charge is -2.38. The number of aryl methyl sites for hydroxylation is 2. The number of carbonyl (C=O) groups is 2. The summed E-state index contributed by atoms with van der Waals surface area (Å²) >= 11 is 0. The molecule has 3 heterocycles. The number of benzene rings is 1. The maximum Gasteiger partial charge on any atom is 0.228 e. The lowest BCUT2D eigenvalue weighted by atomic mass is 10.0. The topological polar surface area (TPSA) is 59.1 Å². The maximum absolute atomic E-state index is 12.9. The Labute approximate surface area is 154 Å². The fraction of sp³-hybridized carbons (Fsp3) is 0.600. The summed E-state index contributed by atoms with van der Waals surface area (Å²) in [5, 5.41) is 0. The van der Waals surface area contributed by atoms with Gasteiger partial charge in [0.2, 0.25) is 11.8 Å². The van der Waals surface area contributed by atoms with Crippen molar-refractivity contribution < 1.29 is 19.1 Å². The maximum atomic E-state index is 12.9. The van der Waals surface area contributed by atoms with Gasteiger partial charge in [0.25, 0.3) is 0 Å². The van der Waals surface area contributed by atoms with Crippen LogP contribution in [-0.2, 0) is 19.1 Å². The highest BCUT2D eigenvalue weighted by atomic mass is 16.7. The van der Waals surface area contributed by atoms with E-state index in [1.807, 2.05) is 30.9 Å². The number of amides is 2. The first-order valence-corrected chi connectivity index (χ1v) is 9.41. The van der Waals surface area contributed by atoms with Crippen molar-refractivity contribution in [3.8, 4) is 0 Å². The van der Waals surface area contributed by atoms with Gasteiger partial charge in [0.1, 0.15) is 0 Å². The lowest BCUT2D eigenvalue weighted by Crippen LogP contribution is -2.49. The van der Waals surface area contributed by atoms with E-state index in [1.54, 1.807) is 4.90 Å². The molecular weight excluding hydrogens is 332 g/mol. The Morgan fingerprint density at radius 1 is 1.08 bits per heavy atom. The molecule has 1 unspecified atom stereocenters. The van der Waals surface area contributed by atoms with Crippen molar-refractivity contribution in [1.82, 2.24) is 4.90 Å². The van der Waals surface area contributed by atoms with Crippen LogP contribution in [0.5, 0.6) is 0 Å². The van der Waals surface area contributed by atoms with Crippen molar-refractivity contribution in [3.63, 3.8) is 0 Å². The van der Waals surface area contributed by atoms with Gasteiger partial charge in [-0.1, -0.05) is 6.07 Å². The number of carbonyl (C=O) groups excluding carboxylic acids is 2. The smallest absolute Gasteiger partial charge is 0.228 e. The molecule has 1 aromatic carbocycles. The number of likely N-dealkylation sites (tertiary alicyclic amines) is 1. The van der Waals surface area contributed by atoms with Crippen molar-refractivity contribution in [2.75, 3.05) is 37.7 Å². The van der Waals surface area contributed by atoms with Crippen LogP contribution in [-0.4, -0.2) is 55.3 Å². The second-order valence-electron chi connectivity index (χ2n) is 7.68. The monoisotopic (exact) mass is 358 g/mol. The van der Waals surface area contributed by atoms with Crippen LogP contribution in [0.3, 0.4) is 0 Å². The van der Waals surface area contributed by atoms with Gasteiger partial charge in [-0.3, -0.25) is 9.59 Å². The van der Waals surface area contributed by atoms with Crippen molar-refractivity contribution in [2.24, 2.45) is 5.92 Å². The highest BCUT2D eigenvalue weighted by molar-refractivity contribution is 6.00. The van der Waals surface area contributed by atoms with Gasteiger partial charge in [0.05, 0.1) is 19.1 Å². The standard InChI is InChI=1S/C20H26N2O4/c1-14-9-15(2)11-17(10-14)22-13-16(12-18(22)23)19(24)21-5-3-20(4-6-21)25-7-8-26-20/h9-11,16H,3-8,12-13H2,1-2H3. The van der Waals surface area contributed by atoms with Crippen LogP contribution < -0.4 is 4.90 Å². The Balaban J connectivity index is 1.41. The van der Waals surface area contributed by atoms with Crippen molar-refractivity contribution >= 4 is 17.5 Å². The Kier molecular flexibility index (Phi) is 4.49. The number of hydrogen-bond acceptors (Lipinski definition) is 4. The lowest BCUT2D eigenvalue weighted by molar-refractivity contribution is -0.188. The number of rotatable bonds is 2. The van der Waals surface area contributed by atoms with Crippen molar-refractivity contribution in [2.45, 2.75) is 38.9 Å². The molecule has 1 spiro atoms. The molecule has 1 aromatic rings. The van der Waals surface area contributed by atoms with Gasteiger partial charge in [0.15, 0.2) is 5.79 Å². The van der Waals surface area contributed by atoms with Gasteiger partial charge < -0.3 is 19.3 Å². The molecule has 3 aliphatic rings. The highest BCUT2D eigenvalue weighted by Gasteiger charge is 2.43. The summed E-state index contributed by atoms with van der Waals surface area (Å²) in [6.45, 7) is 7.05. The van der Waals surface area contributed by atoms with Crippen LogP contribution in [0.15, 0.2) is 18.2 Å². The molecule has 0 saturated carbocycles. The predicted molar refractivity (Wildman–Crippen MR) is 96.8 cm³/mol. The van der Waals surface area contributed by atoms with E-state index in [4.69, 9.17) is 9.47 Å². The van der Waals surface area contributed by atoms with Crippen LogP contribution >= 0.6 is 0 Å². The average Bonchev–Trinajstić information content (AvgIpc) is 3.21. The Hall–Kier alpha value is -1.92. The van der Waals surface area contributed by atoms with Crippen molar-refractivity contribution in [3.05, 3.63) is 29.3 Å². The quantitative estimate of drug-likeness (QED) is 0.812. The van der Waals surface area contributed by atoms with Crippen LogP contribution in [0, 0.1) is 19.8 Å². The molecule has 1 atom stereocenters. The summed E-state index contributed by atoms with van der Waals surface area (Å²) in [4.78, 5) is 29.1. The molecule has 4 rings (SSSR count). The second kappa shape index (κ2) is 6.67.